The van der Waals surface area contributed by atoms with Crippen LogP contribution < -0.4 is 0 Å². The van der Waals surface area contributed by atoms with E-state index in [9.17, 15) is 4.79 Å². The van der Waals surface area contributed by atoms with E-state index in [1.165, 1.54) is 0 Å². The molecule has 2 atom stereocenters. The zero-order valence-electron chi connectivity index (χ0n) is 10.6. The summed E-state index contributed by atoms with van der Waals surface area (Å²) in [5.41, 5.74) is 0.325. The molecular formula is C12H17ClN2O3. The van der Waals surface area contributed by atoms with Gasteiger partial charge >= 0.3 is 0 Å². The van der Waals surface area contributed by atoms with Crippen LogP contribution in [0.15, 0.2) is 10.6 Å². The minimum absolute atomic E-state index is 0.0849. The van der Waals surface area contributed by atoms with Gasteiger partial charge in [-0.1, -0.05) is 12.1 Å². The lowest BCUT2D eigenvalue weighted by Gasteiger charge is -2.23. The van der Waals surface area contributed by atoms with Gasteiger partial charge in [-0.3, -0.25) is 4.79 Å². The van der Waals surface area contributed by atoms with Crippen molar-refractivity contribution in [3.63, 3.8) is 0 Å². The molecule has 0 radical (unpaired) electrons. The van der Waals surface area contributed by atoms with Crippen molar-refractivity contribution in [1.29, 1.82) is 0 Å². The largest absolute Gasteiger partial charge is 0.377 e. The van der Waals surface area contributed by atoms with E-state index in [-0.39, 0.29) is 11.9 Å². The number of likely N-dealkylation sites (tertiary alicyclic amines) is 1. The fourth-order valence-corrected chi connectivity index (χ4v) is 2.74. The molecule has 100 valence electrons. The first-order chi connectivity index (χ1) is 8.67. The molecule has 0 saturated carbocycles. The van der Waals surface area contributed by atoms with Gasteiger partial charge in [-0.2, -0.15) is 0 Å². The summed E-state index contributed by atoms with van der Waals surface area (Å²) in [6, 6.07) is 1.71. The SMILES string of the molecule is COCc1cc(C(=O)N2CCC(C)C2CCl)no1. The molecule has 5 nitrogen and oxygen atoms in total. The van der Waals surface area contributed by atoms with Crippen molar-refractivity contribution in [3.8, 4) is 0 Å². The average Bonchev–Trinajstić information content (AvgIpc) is 2.95. The van der Waals surface area contributed by atoms with Gasteiger partial charge in [0.05, 0.1) is 0 Å². The number of nitrogens with zero attached hydrogens (tertiary/aromatic N) is 2. The molecule has 2 unspecified atom stereocenters. The molecular weight excluding hydrogens is 256 g/mol. The smallest absolute Gasteiger partial charge is 0.276 e. The maximum atomic E-state index is 12.3. The lowest BCUT2D eigenvalue weighted by molar-refractivity contribution is 0.0726. The van der Waals surface area contributed by atoms with E-state index in [4.69, 9.17) is 20.9 Å². The number of carbonyl (C=O) groups excluding carboxylic acids is 1. The number of aromatic nitrogens is 1. The number of methoxy groups -OCH3 is 1. The summed E-state index contributed by atoms with van der Waals surface area (Å²) in [5, 5.41) is 3.78. The Morgan fingerprint density at radius 1 is 1.72 bits per heavy atom. The van der Waals surface area contributed by atoms with Crippen molar-refractivity contribution < 1.29 is 14.1 Å². The molecule has 0 aliphatic carbocycles. The maximum Gasteiger partial charge on any atom is 0.276 e. The van der Waals surface area contributed by atoms with Crippen LogP contribution in [0.5, 0.6) is 0 Å². The summed E-state index contributed by atoms with van der Waals surface area (Å²) in [4.78, 5) is 14.1. The van der Waals surface area contributed by atoms with Crippen LogP contribution in [-0.2, 0) is 11.3 Å². The Kier molecular flexibility index (Phi) is 4.24. The van der Waals surface area contributed by atoms with Crippen LogP contribution in [0.3, 0.4) is 0 Å². The van der Waals surface area contributed by atoms with Gasteiger partial charge in [-0.05, 0) is 12.3 Å². The Bertz CT molecular complexity index is 421. The zero-order valence-corrected chi connectivity index (χ0v) is 11.3. The Morgan fingerprint density at radius 2 is 2.50 bits per heavy atom. The molecule has 2 rings (SSSR count). The molecule has 2 heterocycles. The van der Waals surface area contributed by atoms with Crippen molar-refractivity contribution in [2.45, 2.75) is 26.0 Å². The molecule has 1 saturated heterocycles. The maximum absolute atomic E-state index is 12.3. The third kappa shape index (κ3) is 2.52. The molecule has 0 bridgehead atoms. The standard InChI is InChI=1S/C12H17ClN2O3/c1-8-3-4-15(11(8)6-13)12(16)10-5-9(7-17-2)18-14-10/h5,8,11H,3-4,6-7H2,1-2H3. The number of amides is 1. The van der Waals surface area contributed by atoms with Crippen molar-refractivity contribution in [3.05, 3.63) is 17.5 Å². The normalized spacial score (nSPS) is 23.6. The average molecular weight is 273 g/mol. The van der Waals surface area contributed by atoms with Gasteiger partial charge in [-0.25, -0.2) is 0 Å². The Balaban J connectivity index is 2.10. The van der Waals surface area contributed by atoms with Gasteiger partial charge in [0, 0.05) is 31.6 Å². The number of hydrogen-bond acceptors (Lipinski definition) is 4. The summed E-state index contributed by atoms with van der Waals surface area (Å²) >= 11 is 5.93. The molecule has 0 spiro atoms. The van der Waals surface area contributed by atoms with E-state index in [0.717, 1.165) is 13.0 Å². The number of alkyl halides is 1. The molecule has 0 N–H and O–H groups in total. The molecule has 1 aromatic rings. The minimum Gasteiger partial charge on any atom is -0.377 e. The molecule has 1 fully saturated rings. The molecule has 18 heavy (non-hydrogen) atoms. The first-order valence-corrected chi connectivity index (χ1v) is 6.52. The van der Waals surface area contributed by atoms with Crippen LogP contribution in [0.25, 0.3) is 0 Å². The van der Waals surface area contributed by atoms with Crippen LogP contribution in [0.4, 0.5) is 0 Å². The van der Waals surface area contributed by atoms with Crippen molar-refractivity contribution in [2.75, 3.05) is 19.5 Å². The summed E-state index contributed by atoms with van der Waals surface area (Å²) in [6.45, 7) is 3.15. The highest BCUT2D eigenvalue weighted by Gasteiger charge is 2.35. The number of halogens is 1. The van der Waals surface area contributed by atoms with Crippen molar-refractivity contribution >= 4 is 17.5 Å². The second kappa shape index (κ2) is 5.71. The van der Waals surface area contributed by atoms with E-state index in [0.29, 0.717) is 29.9 Å². The molecule has 1 aromatic heterocycles. The quantitative estimate of drug-likeness (QED) is 0.786. The highest BCUT2D eigenvalue weighted by atomic mass is 35.5. The topological polar surface area (TPSA) is 55.6 Å². The van der Waals surface area contributed by atoms with Gasteiger partial charge in [0.25, 0.3) is 5.91 Å². The highest BCUT2D eigenvalue weighted by molar-refractivity contribution is 6.18. The molecule has 6 heteroatoms. The van der Waals surface area contributed by atoms with E-state index in [2.05, 4.69) is 12.1 Å². The lowest BCUT2D eigenvalue weighted by Crippen LogP contribution is -2.38. The Morgan fingerprint density at radius 3 is 3.17 bits per heavy atom. The van der Waals surface area contributed by atoms with Gasteiger partial charge in [0.15, 0.2) is 11.5 Å². The molecule has 1 aliphatic rings. The predicted molar refractivity (Wildman–Crippen MR) is 66.5 cm³/mol. The minimum atomic E-state index is -0.115. The monoisotopic (exact) mass is 272 g/mol. The third-order valence-corrected chi connectivity index (χ3v) is 3.68. The van der Waals surface area contributed by atoms with E-state index >= 15 is 0 Å². The van der Waals surface area contributed by atoms with Crippen LogP contribution in [0.2, 0.25) is 0 Å². The van der Waals surface area contributed by atoms with Crippen molar-refractivity contribution in [1.82, 2.24) is 10.1 Å². The van der Waals surface area contributed by atoms with E-state index in [1.807, 2.05) is 0 Å². The highest BCUT2D eigenvalue weighted by Crippen LogP contribution is 2.26. The summed E-state index contributed by atoms with van der Waals surface area (Å²) in [7, 11) is 1.57. The van der Waals surface area contributed by atoms with Crippen LogP contribution in [0, 0.1) is 5.92 Å². The van der Waals surface area contributed by atoms with Gasteiger partial charge in [0.1, 0.15) is 6.61 Å². The van der Waals surface area contributed by atoms with Crippen LogP contribution in [-0.4, -0.2) is 41.5 Å². The van der Waals surface area contributed by atoms with Gasteiger partial charge in [0.2, 0.25) is 0 Å². The van der Waals surface area contributed by atoms with Crippen LogP contribution in [0.1, 0.15) is 29.6 Å². The number of ether oxygens (including phenoxy) is 1. The summed E-state index contributed by atoms with van der Waals surface area (Å²) < 4.78 is 9.95. The second-order valence-corrected chi connectivity index (χ2v) is 4.91. The third-order valence-electron chi connectivity index (χ3n) is 3.37. The molecule has 1 amide bonds. The molecule has 0 aromatic carbocycles. The zero-order chi connectivity index (χ0) is 13.1. The van der Waals surface area contributed by atoms with Crippen LogP contribution >= 0.6 is 11.6 Å². The van der Waals surface area contributed by atoms with Gasteiger partial charge < -0.3 is 14.2 Å². The van der Waals surface area contributed by atoms with E-state index < -0.39 is 0 Å². The van der Waals surface area contributed by atoms with E-state index in [1.54, 1.807) is 18.1 Å². The fraction of sp³-hybridized carbons (Fsp3) is 0.667. The second-order valence-electron chi connectivity index (χ2n) is 4.60. The molecule has 1 aliphatic heterocycles. The predicted octanol–water partition coefficient (Wildman–Crippen LogP) is 1.91. The first kappa shape index (κ1) is 13.4. The summed E-state index contributed by atoms with van der Waals surface area (Å²) in [6.07, 6.45) is 0.978. The lowest BCUT2D eigenvalue weighted by atomic mass is 10.1. The number of hydrogen-bond donors (Lipinski definition) is 0. The Labute approximate surface area is 111 Å². The van der Waals surface area contributed by atoms with Gasteiger partial charge in [-0.15, -0.1) is 11.6 Å². The summed E-state index contributed by atoms with van der Waals surface area (Å²) in [5.74, 6) is 1.32. The van der Waals surface area contributed by atoms with Crippen molar-refractivity contribution in [2.24, 2.45) is 5.92 Å². The Hall–Kier alpha value is -1.07. The first-order valence-electron chi connectivity index (χ1n) is 5.98. The fourth-order valence-electron chi connectivity index (χ4n) is 2.27. The number of rotatable bonds is 4. The number of carbonyl (C=O) groups is 1.